The molecule has 0 aromatic heterocycles. The number of halogens is 1. The van der Waals surface area contributed by atoms with Gasteiger partial charge in [-0.1, -0.05) is 29.8 Å². The number of hydrogen-bond acceptors (Lipinski definition) is 4. The zero-order valence-electron chi connectivity index (χ0n) is 16.1. The van der Waals surface area contributed by atoms with Crippen LogP contribution in [0.25, 0.3) is 0 Å². The molecule has 2 aromatic carbocycles. The monoisotopic (exact) mass is 436 g/mol. The maximum Gasteiger partial charge on any atom is 0.243 e. The van der Waals surface area contributed by atoms with Crippen molar-refractivity contribution in [3.05, 3.63) is 59.1 Å². The van der Waals surface area contributed by atoms with Gasteiger partial charge in [-0.15, -0.1) is 0 Å². The number of carbonyl (C=O) groups is 1. The molecule has 0 atom stereocenters. The third kappa shape index (κ3) is 6.19. The molecule has 1 amide bonds. The molecule has 0 saturated carbocycles. The second-order valence-electron chi connectivity index (χ2n) is 6.91. The minimum atomic E-state index is -3.40. The smallest absolute Gasteiger partial charge is 0.243 e. The number of hydrogen-bond donors (Lipinski definition) is 1. The topological polar surface area (TPSA) is 75.7 Å². The molecule has 1 heterocycles. The first kappa shape index (κ1) is 21.6. The highest BCUT2D eigenvalue weighted by Gasteiger charge is 2.26. The van der Waals surface area contributed by atoms with Crippen LogP contribution in [0.1, 0.15) is 24.8 Å². The van der Waals surface area contributed by atoms with Crippen molar-refractivity contribution < 1.29 is 17.9 Å². The Kier molecular flexibility index (Phi) is 7.52. The third-order valence-electron chi connectivity index (χ3n) is 4.76. The minimum absolute atomic E-state index is 0.0755. The molecule has 0 radical (unpaired) electrons. The number of sulfonamides is 1. The molecule has 0 bridgehead atoms. The Morgan fingerprint density at radius 3 is 2.52 bits per heavy atom. The molecule has 0 aliphatic carbocycles. The molecule has 1 N–H and O–H groups in total. The summed E-state index contributed by atoms with van der Waals surface area (Å²) in [6.45, 7) is 1.93. The first-order valence-electron chi connectivity index (χ1n) is 9.69. The predicted molar refractivity (Wildman–Crippen MR) is 113 cm³/mol. The average molecular weight is 437 g/mol. The number of rotatable bonds is 9. The maximum atomic E-state index is 12.5. The van der Waals surface area contributed by atoms with Crippen molar-refractivity contribution in [3.8, 4) is 5.75 Å². The molecule has 156 valence electrons. The molecule has 8 heteroatoms. The number of amides is 1. The Morgan fingerprint density at radius 2 is 1.83 bits per heavy atom. The molecule has 0 unspecified atom stereocenters. The van der Waals surface area contributed by atoms with Crippen LogP contribution in [0.5, 0.6) is 5.75 Å². The Hall–Kier alpha value is -2.09. The van der Waals surface area contributed by atoms with E-state index in [1.807, 2.05) is 0 Å². The quantitative estimate of drug-likeness (QED) is 0.612. The van der Waals surface area contributed by atoms with E-state index in [2.05, 4.69) is 5.32 Å². The van der Waals surface area contributed by atoms with Gasteiger partial charge in [0.15, 0.2) is 0 Å². The van der Waals surface area contributed by atoms with E-state index in [1.54, 1.807) is 48.5 Å². The van der Waals surface area contributed by atoms with Crippen molar-refractivity contribution >= 4 is 27.5 Å². The second kappa shape index (κ2) is 10.1. The number of ether oxygens (including phenoxy) is 1. The molecule has 2 aromatic rings. The average Bonchev–Trinajstić information content (AvgIpc) is 3.26. The van der Waals surface area contributed by atoms with Gasteiger partial charge < -0.3 is 10.1 Å². The third-order valence-corrected chi connectivity index (χ3v) is 6.90. The van der Waals surface area contributed by atoms with E-state index in [1.165, 1.54) is 4.31 Å². The van der Waals surface area contributed by atoms with Crippen LogP contribution >= 0.6 is 11.6 Å². The van der Waals surface area contributed by atoms with E-state index in [4.69, 9.17) is 16.3 Å². The van der Waals surface area contributed by atoms with E-state index < -0.39 is 10.0 Å². The van der Waals surface area contributed by atoms with E-state index >= 15 is 0 Å². The van der Waals surface area contributed by atoms with Gasteiger partial charge >= 0.3 is 0 Å². The largest absolute Gasteiger partial charge is 0.492 e. The zero-order valence-corrected chi connectivity index (χ0v) is 17.7. The lowest BCUT2D eigenvalue weighted by Gasteiger charge is -2.15. The van der Waals surface area contributed by atoms with Gasteiger partial charge in [-0.2, -0.15) is 4.31 Å². The lowest BCUT2D eigenvalue weighted by atomic mass is 10.1. The molecule has 1 saturated heterocycles. The summed E-state index contributed by atoms with van der Waals surface area (Å²) in [4.78, 5) is 12.3. The summed E-state index contributed by atoms with van der Waals surface area (Å²) in [5, 5.41) is 3.41. The lowest BCUT2D eigenvalue weighted by Crippen LogP contribution is -2.28. The summed E-state index contributed by atoms with van der Waals surface area (Å²) in [6.07, 6.45) is 2.70. The summed E-state index contributed by atoms with van der Waals surface area (Å²) < 4.78 is 32.1. The van der Waals surface area contributed by atoms with Crippen molar-refractivity contribution in [1.82, 2.24) is 9.62 Å². The summed E-state index contributed by atoms with van der Waals surface area (Å²) in [7, 11) is -3.40. The SMILES string of the molecule is O=C(CCc1ccc(S(=O)(=O)N2CCCC2)cc1)NCCOc1cccc(Cl)c1. The molecule has 1 aliphatic rings. The van der Waals surface area contributed by atoms with Gasteiger partial charge in [-0.25, -0.2) is 8.42 Å². The number of benzene rings is 2. The molecular weight excluding hydrogens is 412 g/mol. The molecule has 0 spiro atoms. The van der Waals surface area contributed by atoms with Crippen molar-refractivity contribution in [2.45, 2.75) is 30.6 Å². The highest BCUT2D eigenvalue weighted by molar-refractivity contribution is 7.89. The normalized spacial score (nSPS) is 14.7. The van der Waals surface area contributed by atoms with Gasteiger partial charge in [-0.3, -0.25) is 4.79 Å². The molecule has 29 heavy (non-hydrogen) atoms. The molecule has 1 aliphatic heterocycles. The molecule has 3 rings (SSSR count). The highest BCUT2D eigenvalue weighted by atomic mass is 35.5. The molecular formula is C21H25ClN2O4S. The van der Waals surface area contributed by atoms with Crippen LogP contribution in [0.4, 0.5) is 0 Å². The van der Waals surface area contributed by atoms with E-state index in [0.717, 1.165) is 18.4 Å². The van der Waals surface area contributed by atoms with Crippen molar-refractivity contribution in [2.75, 3.05) is 26.2 Å². The van der Waals surface area contributed by atoms with Crippen LogP contribution in [0.15, 0.2) is 53.4 Å². The van der Waals surface area contributed by atoms with Crippen molar-refractivity contribution in [2.24, 2.45) is 0 Å². The summed E-state index contributed by atoms with van der Waals surface area (Å²) in [5.74, 6) is 0.587. The lowest BCUT2D eigenvalue weighted by molar-refractivity contribution is -0.121. The van der Waals surface area contributed by atoms with E-state index in [-0.39, 0.29) is 5.91 Å². The summed E-state index contributed by atoms with van der Waals surface area (Å²) in [5.41, 5.74) is 0.927. The van der Waals surface area contributed by atoms with Crippen LogP contribution in [-0.4, -0.2) is 44.9 Å². The van der Waals surface area contributed by atoms with Crippen LogP contribution in [0.2, 0.25) is 5.02 Å². The van der Waals surface area contributed by atoms with Crippen LogP contribution in [0, 0.1) is 0 Å². The van der Waals surface area contributed by atoms with Crippen LogP contribution < -0.4 is 10.1 Å². The second-order valence-corrected chi connectivity index (χ2v) is 9.29. The van der Waals surface area contributed by atoms with Gasteiger partial charge in [-0.05, 0) is 55.2 Å². The Morgan fingerprint density at radius 1 is 1.10 bits per heavy atom. The van der Waals surface area contributed by atoms with E-state index in [0.29, 0.717) is 54.8 Å². The number of carbonyl (C=O) groups excluding carboxylic acids is 1. The molecule has 6 nitrogen and oxygen atoms in total. The fourth-order valence-electron chi connectivity index (χ4n) is 3.17. The fourth-order valence-corrected chi connectivity index (χ4v) is 4.87. The van der Waals surface area contributed by atoms with Gasteiger partial charge in [0.25, 0.3) is 0 Å². The molecule has 1 fully saturated rings. The predicted octanol–water partition coefficient (Wildman–Crippen LogP) is 3.25. The van der Waals surface area contributed by atoms with Crippen molar-refractivity contribution in [3.63, 3.8) is 0 Å². The Labute approximate surface area is 176 Å². The first-order valence-corrected chi connectivity index (χ1v) is 11.5. The summed E-state index contributed by atoms with van der Waals surface area (Å²) >= 11 is 5.89. The number of nitrogens with zero attached hydrogens (tertiary/aromatic N) is 1. The zero-order chi connectivity index (χ0) is 20.7. The maximum absolute atomic E-state index is 12.5. The fraction of sp³-hybridized carbons (Fsp3) is 0.381. The Bertz CT molecular complexity index is 926. The standard InChI is InChI=1S/C21H25ClN2O4S/c22-18-4-3-5-19(16-18)28-15-12-23-21(25)11-8-17-6-9-20(10-7-17)29(26,27)24-13-1-2-14-24/h3-7,9-10,16H,1-2,8,11-15H2,(H,23,25). The van der Waals surface area contributed by atoms with Crippen LogP contribution in [-0.2, 0) is 21.2 Å². The Balaban J connectivity index is 1.39. The summed E-state index contributed by atoms with van der Waals surface area (Å²) in [6, 6.07) is 13.9. The van der Waals surface area contributed by atoms with Gasteiger partial charge in [0, 0.05) is 24.5 Å². The van der Waals surface area contributed by atoms with Crippen LogP contribution in [0.3, 0.4) is 0 Å². The number of aryl methyl sites for hydroxylation is 1. The first-order chi connectivity index (χ1) is 13.9. The minimum Gasteiger partial charge on any atom is -0.492 e. The highest BCUT2D eigenvalue weighted by Crippen LogP contribution is 2.21. The van der Waals surface area contributed by atoms with Gasteiger partial charge in [0.1, 0.15) is 12.4 Å². The van der Waals surface area contributed by atoms with Crippen molar-refractivity contribution in [1.29, 1.82) is 0 Å². The number of nitrogens with one attached hydrogen (secondary N) is 1. The van der Waals surface area contributed by atoms with Gasteiger partial charge in [0.05, 0.1) is 11.4 Å². The van der Waals surface area contributed by atoms with E-state index in [9.17, 15) is 13.2 Å². The van der Waals surface area contributed by atoms with Gasteiger partial charge in [0.2, 0.25) is 15.9 Å².